The van der Waals surface area contributed by atoms with Gasteiger partial charge in [0, 0.05) is 11.4 Å². The Labute approximate surface area is 106 Å². The molecule has 0 aliphatic rings. The highest BCUT2D eigenvalue weighted by molar-refractivity contribution is 6.02. The molecule has 1 N–H and O–H groups in total. The summed E-state index contributed by atoms with van der Waals surface area (Å²) in [6.07, 6.45) is 0. The van der Waals surface area contributed by atoms with Gasteiger partial charge in [-0.05, 0) is 11.5 Å². The van der Waals surface area contributed by atoms with Gasteiger partial charge in [0.15, 0.2) is 5.58 Å². The lowest BCUT2D eigenvalue weighted by molar-refractivity contribution is 0.474. The van der Waals surface area contributed by atoms with E-state index in [2.05, 4.69) is 42.3 Å². The summed E-state index contributed by atoms with van der Waals surface area (Å²) in [6.45, 7) is 4.89. The number of aromatic nitrogens is 1. The maximum atomic E-state index is 5.86. The van der Waals surface area contributed by atoms with Crippen LogP contribution in [0.2, 0.25) is 0 Å². The van der Waals surface area contributed by atoms with Crippen LogP contribution in [0, 0.1) is 0 Å². The molecular weight excluding hydrogens is 224 g/mol. The fourth-order valence-corrected chi connectivity index (χ4v) is 2.07. The molecule has 2 aromatic carbocycles. The molecule has 0 saturated carbocycles. The Bertz CT molecular complexity index is 685. The highest BCUT2D eigenvalue weighted by Crippen LogP contribution is 2.25. The molecule has 0 bridgehead atoms. The molecule has 0 aliphatic carbocycles. The Morgan fingerprint density at radius 2 is 2.00 bits per heavy atom. The number of benzene rings is 2. The Kier molecular flexibility index (Phi) is 2.76. The zero-order valence-electron chi connectivity index (χ0n) is 10.6. The molecule has 18 heavy (non-hydrogen) atoms. The van der Waals surface area contributed by atoms with Crippen molar-refractivity contribution in [3.63, 3.8) is 0 Å². The van der Waals surface area contributed by atoms with E-state index in [-0.39, 0.29) is 0 Å². The van der Waals surface area contributed by atoms with Gasteiger partial charge in [0.25, 0.3) is 0 Å². The fourth-order valence-electron chi connectivity index (χ4n) is 2.07. The number of rotatable bonds is 3. The maximum absolute atomic E-state index is 5.86. The van der Waals surface area contributed by atoms with Gasteiger partial charge in [-0.25, -0.2) is 4.98 Å². The Hall–Kier alpha value is -1.87. The molecule has 0 unspecified atom stereocenters. The van der Waals surface area contributed by atoms with Gasteiger partial charge in [0.05, 0.1) is 6.54 Å². The summed E-state index contributed by atoms with van der Waals surface area (Å²) >= 11 is 0. The molecule has 3 nitrogen and oxygen atoms in total. The van der Waals surface area contributed by atoms with Crippen LogP contribution in [0.3, 0.4) is 0 Å². The van der Waals surface area contributed by atoms with Gasteiger partial charge in [0.2, 0.25) is 5.89 Å². The lowest BCUT2D eigenvalue weighted by atomic mass is 10.1. The molecular formula is C15H16N2O. The summed E-state index contributed by atoms with van der Waals surface area (Å²) in [5.41, 5.74) is 1.81. The van der Waals surface area contributed by atoms with E-state index < -0.39 is 0 Å². The highest BCUT2D eigenvalue weighted by Gasteiger charge is 2.08. The second-order valence-electron chi connectivity index (χ2n) is 4.78. The summed E-state index contributed by atoms with van der Waals surface area (Å²) < 4.78 is 5.86. The smallest absolute Gasteiger partial charge is 0.209 e. The van der Waals surface area contributed by atoms with Crippen molar-refractivity contribution >= 4 is 21.9 Å². The lowest BCUT2D eigenvalue weighted by Crippen LogP contribution is -2.21. The van der Waals surface area contributed by atoms with E-state index in [9.17, 15) is 0 Å². The van der Waals surface area contributed by atoms with E-state index in [1.807, 2.05) is 18.2 Å². The molecule has 0 fully saturated rings. The predicted octanol–water partition coefficient (Wildman–Crippen LogP) is 3.48. The van der Waals surface area contributed by atoms with E-state index in [0.717, 1.165) is 22.4 Å². The van der Waals surface area contributed by atoms with Gasteiger partial charge in [-0.15, -0.1) is 0 Å². The van der Waals surface area contributed by atoms with Crippen LogP contribution in [0.25, 0.3) is 21.9 Å². The third-order valence-electron chi connectivity index (χ3n) is 2.99. The van der Waals surface area contributed by atoms with Crippen molar-refractivity contribution in [3.05, 3.63) is 42.3 Å². The minimum Gasteiger partial charge on any atom is -0.439 e. The zero-order chi connectivity index (χ0) is 12.5. The van der Waals surface area contributed by atoms with Crippen LogP contribution >= 0.6 is 0 Å². The molecule has 0 atom stereocenters. The zero-order valence-corrected chi connectivity index (χ0v) is 10.6. The van der Waals surface area contributed by atoms with Gasteiger partial charge in [-0.3, -0.25) is 0 Å². The van der Waals surface area contributed by atoms with E-state index >= 15 is 0 Å². The first-order valence-corrected chi connectivity index (χ1v) is 6.24. The lowest BCUT2D eigenvalue weighted by Gasteiger charge is -2.03. The van der Waals surface area contributed by atoms with Crippen molar-refractivity contribution in [2.24, 2.45) is 0 Å². The molecule has 0 aliphatic heterocycles. The molecule has 3 heteroatoms. The average Bonchev–Trinajstić information content (AvgIpc) is 2.79. The average molecular weight is 240 g/mol. The van der Waals surface area contributed by atoms with Crippen LogP contribution in [0.4, 0.5) is 0 Å². The normalized spacial score (nSPS) is 11.7. The van der Waals surface area contributed by atoms with Crippen LogP contribution in [0.1, 0.15) is 19.7 Å². The van der Waals surface area contributed by atoms with Crippen LogP contribution in [-0.2, 0) is 6.54 Å². The summed E-state index contributed by atoms with van der Waals surface area (Å²) in [5, 5.41) is 5.62. The second kappa shape index (κ2) is 4.42. The van der Waals surface area contributed by atoms with Crippen molar-refractivity contribution in [3.8, 4) is 0 Å². The van der Waals surface area contributed by atoms with E-state index in [0.29, 0.717) is 12.6 Å². The van der Waals surface area contributed by atoms with Crippen molar-refractivity contribution in [2.75, 3.05) is 0 Å². The predicted molar refractivity (Wildman–Crippen MR) is 73.5 cm³/mol. The van der Waals surface area contributed by atoms with Crippen molar-refractivity contribution in [1.29, 1.82) is 0 Å². The van der Waals surface area contributed by atoms with Gasteiger partial charge in [-0.2, -0.15) is 0 Å². The Morgan fingerprint density at radius 3 is 2.83 bits per heavy atom. The summed E-state index contributed by atoms with van der Waals surface area (Å²) in [4.78, 5) is 4.51. The molecule has 0 amide bonds. The SMILES string of the molecule is CC(C)NCc1nc2ccc3ccccc3c2o1. The first-order chi connectivity index (χ1) is 8.74. The van der Waals surface area contributed by atoms with E-state index in [1.165, 1.54) is 5.39 Å². The summed E-state index contributed by atoms with van der Waals surface area (Å²) in [7, 11) is 0. The summed E-state index contributed by atoms with van der Waals surface area (Å²) in [5.74, 6) is 0.745. The third kappa shape index (κ3) is 1.97. The van der Waals surface area contributed by atoms with E-state index in [4.69, 9.17) is 4.42 Å². The van der Waals surface area contributed by atoms with E-state index in [1.54, 1.807) is 0 Å². The van der Waals surface area contributed by atoms with Crippen LogP contribution < -0.4 is 5.32 Å². The fraction of sp³-hybridized carbons (Fsp3) is 0.267. The van der Waals surface area contributed by atoms with Crippen molar-refractivity contribution in [2.45, 2.75) is 26.4 Å². The first-order valence-electron chi connectivity index (χ1n) is 6.24. The minimum atomic E-state index is 0.428. The monoisotopic (exact) mass is 240 g/mol. The number of hydrogen-bond donors (Lipinski definition) is 1. The highest BCUT2D eigenvalue weighted by atomic mass is 16.3. The Balaban J connectivity index is 2.08. The molecule has 3 aromatic rings. The first kappa shape index (κ1) is 11.2. The molecule has 92 valence electrons. The second-order valence-corrected chi connectivity index (χ2v) is 4.78. The summed E-state index contributed by atoms with van der Waals surface area (Å²) in [6, 6.07) is 12.7. The molecule has 1 aromatic heterocycles. The van der Waals surface area contributed by atoms with Gasteiger partial charge >= 0.3 is 0 Å². The standard InChI is InChI=1S/C15H16N2O/c1-10(2)16-9-14-17-13-8-7-11-5-3-4-6-12(11)15(13)18-14/h3-8,10,16H,9H2,1-2H3. The third-order valence-corrected chi connectivity index (χ3v) is 2.99. The van der Waals surface area contributed by atoms with Gasteiger partial charge in [0.1, 0.15) is 5.52 Å². The maximum Gasteiger partial charge on any atom is 0.209 e. The topological polar surface area (TPSA) is 38.1 Å². The molecule has 1 heterocycles. The Morgan fingerprint density at radius 1 is 1.17 bits per heavy atom. The number of oxazole rings is 1. The van der Waals surface area contributed by atoms with Crippen molar-refractivity contribution < 1.29 is 4.42 Å². The molecule has 0 radical (unpaired) electrons. The number of fused-ring (bicyclic) bond motifs is 3. The molecule has 3 rings (SSSR count). The van der Waals surface area contributed by atoms with Crippen LogP contribution in [-0.4, -0.2) is 11.0 Å². The number of hydrogen-bond acceptors (Lipinski definition) is 3. The van der Waals surface area contributed by atoms with Gasteiger partial charge < -0.3 is 9.73 Å². The van der Waals surface area contributed by atoms with Crippen molar-refractivity contribution in [1.82, 2.24) is 10.3 Å². The molecule has 0 saturated heterocycles. The molecule has 0 spiro atoms. The number of nitrogens with one attached hydrogen (secondary N) is 1. The quantitative estimate of drug-likeness (QED) is 0.761. The minimum absolute atomic E-state index is 0.428. The number of nitrogens with zero attached hydrogens (tertiary/aromatic N) is 1. The largest absolute Gasteiger partial charge is 0.439 e. The van der Waals surface area contributed by atoms with Crippen LogP contribution in [0.5, 0.6) is 0 Å². The van der Waals surface area contributed by atoms with Gasteiger partial charge in [-0.1, -0.05) is 44.2 Å². The van der Waals surface area contributed by atoms with Crippen LogP contribution in [0.15, 0.2) is 40.8 Å².